The first kappa shape index (κ1) is 13.6. The minimum absolute atomic E-state index is 0.311. The Hall–Kier alpha value is -0.360. The van der Waals surface area contributed by atoms with Crippen molar-refractivity contribution in [2.75, 3.05) is 11.5 Å². The van der Waals surface area contributed by atoms with Gasteiger partial charge in [0, 0.05) is 11.5 Å². The number of carbonyl (C=O) groups excluding carboxylic acids is 2. The van der Waals surface area contributed by atoms with Crippen LogP contribution in [0.4, 0.5) is 9.59 Å². The van der Waals surface area contributed by atoms with Gasteiger partial charge >= 0.3 is 0 Å². The Morgan fingerprint density at radius 2 is 1.14 bits per heavy atom. The van der Waals surface area contributed by atoms with Gasteiger partial charge in [-0.05, 0) is 12.8 Å². The van der Waals surface area contributed by atoms with E-state index in [0.717, 1.165) is 60.7 Å². The number of nitrogens with two attached hydrogens (primary N) is 2. The molecule has 0 bridgehead atoms. The molecule has 0 aromatic heterocycles. The Morgan fingerprint density at radius 1 is 0.786 bits per heavy atom. The Labute approximate surface area is 92.5 Å². The monoisotopic (exact) mass is 236 g/mol. The average Bonchev–Trinajstić information content (AvgIpc) is 2.08. The van der Waals surface area contributed by atoms with E-state index >= 15 is 0 Å². The second kappa shape index (κ2) is 9.21. The Balaban J connectivity index is 2.99. The molecular formula is C8H16N2O2S2. The van der Waals surface area contributed by atoms with Crippen molar-refractivity contribution in [1.82, 2.24) is 0 Å². The van der Waals surface area contributed by atoms with Crippen LogP contribution in [0.5, 0.6) is 0 Å². The van der Waals surface area contributed by atoms with E-state index < -0.39 is 0 Å². The smallest absolute Gasteiger partial charge is 0.276 e. The Kier molecular flexibility index (Phi) is 8.97. The van der Waals surface area contributed by atoms with E-state index in [1.807, 2.05) is 0 Å². The third kappa shape index (κ3) is 11.6. The van der Waals surface area contributed by atoms with Gasteiger partial charge in [-0.2, -0.15) is 0 Å². The van der Waals surface area contributed by atoms with E-state index in [4.69, 9.17) is 11.5 Å². The summed E-state index contributed by atoms with van der Waals surface area (Å²) in [7, 11) is 0. The molecular weight excluding hydrogens is 220 g/mol. The lowest BCUT2D eigenvalue weighted by Gasteiger charge is -1.99. The Bertz CT molecular complexity index is 168. The van der Waals surface area contributed by atoms with Gasteiger partial charge in [-0.3, -0.25) is 9.59 Å². The molecule has 0 aliphatic carbocycles. The van der Waals surface area contributed by atoms with Crippen LogP contribution in [-0.2, 0) is 0 Å². The highest BCUT2D eigenvalue weighted by atomic mass is 32.2. The number of hydrogen-bond acceptors (Lipinski definition) is 4. The molecule has 0 aromatic rings. The summed E-state index contributed by atoms with van der Waals surface area (Å²) in [4.78, 5) is 20.7. The van der Waals surface area contributed by atoms with Crippen LogP contribution in [-0.4, -0.2) is 22.0 Å². The molecule has 14 heavy (non-hydrogen) atoms. The third-order valence-electron chi connectivity index (χ3n) is 1.53. The molecule has 6 heteroatoms. The number of amides is 2. The standard InChI is InChI=1S/C8H16N2O2S2/c9-7(11)13-5-3-1-2-4-6-14-8(10)12/h1-6H2,(H2,9,11)(H2,10,12). The zero-order chi connectivity index (χ0) is 10.8. The highest BCUT2D eigenvalue weighted by molar-refractivity contribution is 8.13. The maximum Gasteiger partial charge on any atom is 0.276 e. The predicted octanol–water partition coefficient (Wildman–Crippen LogP) is 2.17. The van der Waals surface area contributed by atoms with Gasteiger partial charge in [-0.15, -0.1) is 0 Å². The number of unbranched alkanes of at least 4 members (excludes halogenated alkanes) is 3. The number of carbonyl (C=O) groups is 2. The lowest BCUT2D eigenvalue weighted by Crippen LogP contribution is -2.03. The van der Waals surface area contributed by atoms with Gasteiger partial charge in [-0.25, -0.2) is 0 Å². The number of thioether (sulfide) groups is 2. The molecule has 0 unspecified atom stereocenters. The SMILES string of the molecule is NC(=O)SCCCCCCSC(N)=O. The molecule has 0 aromatic carbocycles. The van der Waals surface area contributed by atoms with Gasteiger partial charge in [0.15, 0.2) is 0 Å². The molecule has 2 amide bonds. The molecule has 0 fully saturated rings. The first-order valence-electron chi connectivity index (χ1n) is 4.47. The van der Waals surface area contributed by atoms with Gasteiger partial charge in [0.1, 0.15) is 0 Å². The van der Waals surface area contributed by atoms with Crippen molar-refractivity contribution >= 4 is 34.0 Å². The fourth-order valence-corrected chi connectivity index (χ4v) is 2.00. The van der Waals surface area contributed by atoms with E-state index in [1.165, 1.54) is 0 Å². The van der Waals surface area contributed by atoms with Gasteiger partial charge in [0.2, 0.25) is 0 Å². The molecule has 4 N–H and O–H groups in total. The summed E-state index contributed by atoms with van der Waals surface area (Å²) in [5.41, 5.74) is 9.91. The second-order valence-electron chi connectivity index (χ2n) is 2.75. The molecule has 0 radical (unpaired) electrons. The summed E-state index contributed by atoms with van der Waals surface area (Å²) in [6.45, 7) is 0. The summed E-state index contributed by atoms with van der Waals surface area (Å²) in [6, 6.07) is 0. The minimum atomic E-state index is -0.311. The molecule has 0 aliphatic heterocycles. The molecule has 0 rings (SSSR count). The first-order valence-corrected chi connectivity index (χ1v) is 6.44. The van der Waals surface area contributed by atoms with E-state index in [9.17, 15) is 9.59 Å². The molecule has 0 aliphatic rings. The van der Waals surface area contributed by atoms with Crippen LogP contribution in [0.25, 0.3) is 0 Å². The molecule has 0 saturated carbocycles. The fourth-order valence-electron chi connectivity index (χ4n) is 0.903. The largest absolute Gasteiger partial charge is 0.361 e. The zero-order valence-corrected chi connectivity index (χ0v) is 9.66. The summed E-state index contributed by atoms with van der Waals surface area (Å²) < 4.78 is 0. The van der Waals surface area contributed by atoms with E-state index in [2.05, 4.69) is 0 Å². The molecule has 0 heterocycles. The number of hydrogen-bond donors (Lipinski definition) is 2. The topological polar surface area (TPSA) is 86.2 Å². The maximum absolute atomic E-state index is 10.3. The lowest BCUT2D eigenvalue weighted by molar-refractivity contribution is 0.266. The molecule has 82 valence electrons. The predicted molar refractivity (Wildman–Crippen MR) is 62.6 cm³/mol. The van der Waals surface area contributed by atoms with E-state index in [-0.39, 0.29) is 10.5 Å². The fraction of sp³-hybridized carbons (Fsp3) is 0.750. The van der Waals surface area contributed by atoms with Gasteiger partial charge in [-0.1, -0.05) is 36.4 Å². The molecule has 0 atom stereocenters. The molecule has 0 spiro atoms. The average molecular weight is 236 g/mol. The van der Waals surface area contributed by atoms with Crippen molar-refractivity contribution in [3.63, 3.8) is 0 Å². The molecule has 4 nitrogen and oxygen atoms in total. The van der Waals surface area contributed by atoms with Gasteiger partial charge in [0.25, 0.3) is 10.5 Å². The van der Waals surface area contributed by atoms with Gasteiger partial charge < -0.3 is 11.5 Å². The van der Waals surface area contributed by atoms with Crippen LogP contribution in [0.2, 0.25) is 0 Å². The van der Waals surface area contributed by atoms with Crippen molar-refractivity contribution < 1.29 is 9.59 Å². The highest BCUT2D eigenvalue weighted by Crippen LogP contribution is 2.10. The van der Waals surface area contributed by atoms with Crippen molar-refractivity contribution in [1.29, 1.82) is 0 Å². The molecule has 0 saturated heterocycles. The van der Waals surface area contributed by atoms with Gasteiger partial charge in [0.05, 0.1) is 0 Å². The van der Waals surface area contributed by atoms with Crippen LogP contribution in [0, 0.1) is 0 Å². The normalized spacial score (nSPS) is 10.0. The minimum Gasteiger partial charge on any atom is -0.361 e. The summed E-state index contributed by atoms with van der Waals surface area (Å²) in [5.74, 6) is 1.58. The zero-order valence-electron chi connectivity index (χ0n) is 8.03. The van der Waals surface area contributed by atoms with Crippen LogP contribution in [0.15, 0.2) is 0 Å². The lowest BCUT2D eigenvalue weighted by atomic mass is 10.2. The summed E-state index contributed by atoms with van der Waals surface area (Å²) in [6.07, 6.45) is 4.13. The third-order valence-corrected chi connectivity index (χ3v) is 3.08. The quantitative estimate of drug-likeness (QED) is 0.663. The van der Waals surface area contributed by atoms with Crippen LogP contribution in [0.1, 0.15) is 25.7 Å². The first-order chi connectivity index (χ1) is 6.63. The van der Waals surface area contributed by atoms with Crippen LogP contribution < -0.4 is 11.5 Å². The van der Waals surface area contributed by atoms with Crippen LogP contribution >= 0.6 is 23.5 Å². The highest BCUT2D eigenvalue weighted by Gasteiger charge is 1.96. The Morgan fingerprint density at radius 3 is 1.43 bits per heavy atom. The number of rotatable bonds is 7. The van der Waals surface area contributed by atoms with Crippen molar-refractivity contribution in [2.24, 2.45) is 11.5 Å². The van der Waals surface area contributed by atoms with E-state index in [0.29, 0.717) is 0 Å². The maximum atomic E-state index is 10.3. The van der Waals surface area contributed by atoms with Crippen molar-refractivity contribution in [3.05, 3.63) is 0 Å². The van der Waals surface area contributed by atoms with E-state index in [1.54, 1.807) is 0 Å². The number of primary amides is 2. The van der Waals surface area contributed by atoms with Crippen molar-refractivity contribution in [3.8, 4) is 0 Å². The summed E-state index contributed by atoms with van der Waals surface area (Å²) in [5, 5.41) is -0.622. The van der Waals surface area contributed by atoms with Crippen LogP contribution in [0.3, 0.4) is 0 Å². The second-order valence-corrected chi connectivity index (χ2v) is 4.95. The summed E-state index contributed by atoms with van der Waals surface area (Å²) >= 11 is 2.32. The van der Waals surface area contributed by atoms with Crippen molar-refractivity contribution in [2.45, 2.75) is 25.7 Å².